The van der Waals surface area contributed by atoms with Crippen molar-refractivity contribution in [1.82, 2.24) is 4.98 Å². The maximum absolute atomic E-state index is 5.26. The molecule has 0 aromatic carbocycles. The van der Waals surface area contributed by atoms with Gasteiger partial charge in [0.05, 0.1) is 12.8 Å². The van der Waals surface area contributed by atoms with E-state index in [0.29, 0.717) is 0 Å². The predicted octanol–water partition coefficient (Wildman–Crippen LogP) is 2.94. The van der Waals surface area contributed by atoms with E-state index in [1.807, 2.05) is 43.4 Å². The van der Waals surface area contributed by atoms with Crippen molar-refractivity contribution in [1.29, 1.82) is 0 Å². The normalized spacial score (nSPS) is 19.1. The van der Waals surface area contributed by atoms with Crippen LogP contribution >= 0.6 is 0 Å². The third-order valence-electron chi connectivity index (χ3n) is 2.86. The molecule has 1 aromatic heterocycles. The summed E-state index contributed by atoms with van der Waals surface area (Å²) < 4.78 is 5.26. The Kier molecular flexibility index (Phi) is 4.13. The molecule has 1 N–H and O–H groups in total. The molecule has 0 saturated heterocycles. The van der Waals surface area contributed by atoms with E-state index in [2.05, 4.69) is 15.3 Å². The molecule has 0 aliphatic heterocycles. The first-order chi connectivity index (χ1) is 9.24. The van der Waals surface area contributed by atoms with Crippen molar-refractivity contribution in [2.24, 2.45) is 4.99 Å². The lowest BCUT2D eigenvalue weighted by Crippen LogP contribution is -2.10. The standard InChI is InChI=1S/C15H17N3O/c1-11(19-3)13-8-7-12(10-14(13)16-2)18-15-6-4-5-9-17-15/h4-10H,1-3H3,(H,17,18)/b13-11+,16-14?. The zero-order valence-corrected chi connectivity index (χ0v) is 11.3. The van der Waals surface area contributed by atoms with Gasteiger partial charge in [-0.15, -0.1) is 0 Å². The fourth-order valence-electron chi connectivity index (χ4n) is 1.79. The van der Waals surface area contributed by atoms with Crippen LogP contribution in [-0.4, -0.2) is 24.9 Å². The average molecular weight is 255 g/mol. The molecule has 4 heteroatoms. The smallest absolute Gasteiger partial charge is 0.130 e. The van der Waals surface area contributed by atoms with E-state index in [4.69, 9.17) is 4.74 Å². The van der Waals surface area contributed by atoms with Gasteiger partial charge in [0, 0.05) is 24.5 Å². The van der Waals surface area contributed by atoms with Crippen LogP contribution in [0.2, 0.25) is 0 Å². The fourth-order valence-corrected chi connectivity index (χ4v) is 1.79. The van der Waals surface area contributed by atoms with Crippen LogP contribution in [0.3, 0.4) is 0 Å². The number of aliphatic imine (C=N–C) groups is 1. The van der Waals surface area contributed by atoms with Crippen LogP contribution in [0.25, 0.3) is 0 Å². The highest BCUT2D eigenvalue weighted by Crippen LogP contribution is 2.18. The van der Waals surface area contributed by atoms with Gasteiger partial charge in [0.1, 0.15) is 11.6 Å². The molecule has 1 aliphatic carbocycles. The molecule has 0 amide bonds. The Hall–Kier alpha value is -2.36. The fraction of sp³-hybridized carbons (Fsp3) is 0.200. The number of hydrogen-bond donors (Lipinski definition) is 1. The Morgan fingerprint density at radius 1 is 1.32 bits per heavy atom. The third-order valence-corrected chi connectivity index (χ3v) is 2.86. The van der Waals surface area contributed by atoms with E-state index in [0.717, 1.165) is 28.6 Å². The minimum absolute atomic E-state index is 0.810. The van der Waals surface area contributed by atoms with Crippen molar-refractivity contribution in [3.8, 4) is 0 Å². The quantitative estimate of drug-likeness (QED) is 0.845. The van der Waals surface area contributed by atoms with E-state index < -0.39 is 0 Å². The van der Waals surface area contributed by atoms with Crippen LogP contribution in [0.5, 0.6) is 0 Å². The van der Waals surface area contributed by atoms with Gasteiger partial charge in [0.2, 0.25) is 0 Å². The highest BCUT2D eigenvalue weighted by molar-refractivity contribution is 6.12. The molecule has 0 fully saturated rings. The van der Waals surface area contributed by atoms with Crippen LogP contribution in [0, 0.1) is 0 Å². The summed E-state index contributed by atoms with van der Waals surface area (Å²) in [5.74, 6) is 1.66. The zero-order valence-electron chi connectivity index (χ0n) is 11.3. The number of aromatic nitrogens is 1. The summed E-state index contributed by atoms with van der Waals surface area (Å²) in [5, 5.41) is 3.24. The number of anilines is 1. The van der Waals surface area contributed by atoms with Crippen LogP contribution in [0.15, 0.2) is 64.6 Å². The van der Waals surface area contributed by atoms with Crippen molar-refractivity contribution in [2.75, 3.05) is 19.5 Å². The van der Waals surface area contributed by atoms with Crippen LogP contribution < -0.4 is 5.32 Å². The molecule has 1 heterocycles. The van der Waals surface area contributed by atoms with Crippen LogP contribution in [0.1, 0.15) is 6.92 Å². The van der Waals surface area contributed by atoms with Crippen molar-refractivity contribution < 1.29 is 4.74 Å². The van der Waals surface area contributed by atoms with Gasteiger partial charge in [-0.1, -0.05) is 6.07 Å². The topological polar surface area (TPSA) is 46.5 Å². The highest BCUT2D eigenvalue weighted by atomic mass is 16.5. The number of nitrogens with zero attached hydrogens (tertiary/aromatic N) is 2. The van der Waals surface area contributed by atoms with Gasteiger partial charge in [-0.05, 0) is 37.3 Å². The lowest BCUT2D eigenvalue weighted by Gasteiger charge is -2.15. The summed E-state index contributed by atoms with van der Waals surface area (Å²) in [6.07, 6.45) is 7.71. The Morgan fingerprint density at radius 3 is 2.79 bits per heavy atom. The first kappa shape index (κ1) is 13.1. The number of nitrogens with one attached hydrogen (secondary N) is 1. The van der Waals surface area contributed by atoms with Gasteiger partial charge in [-0.25, -0.2) is 4.98 Å². The first-order valence-corrected chi connectivity index (χ1v) is 6.04. The molecule has 0 atom stereocenters. The Bertz CT molecular complexity index is 568. The molecule has 0 bridgehead atoms. The van der Waals surface area contributed by atoms with E-state index in [1.165, 1.54) is 0 Å². The van der Waals surface area contributed by atoms with Gasteiger partial charge in [-0.3, -0.25) is 4.99 Å². The van der Waals surface area contributed by atoms with E-state index >= 15 is 0 Å². The lowest BCUT2D eigenvalue weighted by molar-refractivity contribution is 0.292. The van der Waals surface area contributed by atoms with Gasteiger partial charge in [-0.2, -0.15) is 0 Å². The maximum Gasteiger partial charge on any atom is 0.130 e. The van der Waals surface area contributed by atoms with Crippen LogP contribution in [-0.2, 0) is 4.74 Å². The molecule has 1 aliphatic rings. The number of ether oxygens (including phenoxy) is 1. The van der Waals surface area contributed by atoms with Crippen molar-refractivity contribution in [3.63, 3.8) is 0 Å². The van der Waals surface area contributed by atoms with Crippen molar-refractivity contribution >= 4 is 11.5 Å². The maximum atomic E-state index is 5.26. The number of methoxy groups -OCH3 is 1. The molecule has 19 heavy (non-hydrogen) atoms. The summed E-state index contributed by atoms with van der Waals surface area (Å²) in [5.41, 5.74) is 2.84. The zero-order chi connectivity index (χ0) is 13.7. The van der Waals surface area contributed by atoms with Gasteiger partial charge in [0.15, 0.2) is 0 Å². The van der Waals surface area contributed by atoms with Gasteiger partial charge >= 0.3 is 0 Å². The monoisotopic (exact) mass is 255 g/mol. The molecule has 4 nitrogen and oxygen atoms in total. The minimum Gasteiger partial charge on any atom is -0.501 e. The Balaban J connectivity index is 2.23. The van der Waals surface area contributed by atoms with Crippen molar-refractivity contribution in [2.45, 2.75) is 6.92 Å². The SMILES string of the molecule is CN=C1C=C(Nc2ccccn2)C=C/C1=C(/C)OC. The number of rotatable bonds is 3. The molecular formula is C15H17N3O. The largest absolute Gasteiger partial charge is 0.501 e. The second-order valence-electron chi connectivity index (χ2n) is 4.06. The van der Waals surface area contributed by atoms with Gasteiger partial charge in [0.25, 0.3) is 0 Å². The average Bonchev–Trinajstić information content (AvgIpc) is 2.47. The summed E-state index contributed by atoms with van der Waals surface area (Å²) in [6.45, 7) is 1.93. The molecule has 2 rings (SSSR count). The summed E-state index contributed by atoms with van der Waals surface area (Å²) in [6, 6.07) is 5.75. The molecular weight excluding hydrogens is 238 g/mol. The predicted molar refractivity (Wildman–Crippen MR) is 78.2 cm³/mol. The van der Waals surface area contributed by atoms with E-state index in [1.54, 1.807) is 20.4 Å². The van der Waals surface area contributed by atoms with Crippen LogP contribution in [0.4, 0.5) is 5.82 Å². The number of hydrogen-bond acceptors (Lipinski definition) is 4. The highest BCUT2D eigenvalue weighted by Gasteiger charge is 2.11. The molecule has 1 aromatic rings. The number of pyridine rings is 1. The first-order valence-electron chi connectivity index (χ1n) is 6.04. The summed E-state index contributed by atoms with van der Waals surface area (Å²) in [7, 11) is 3.43. The third kappa shape index (κ3) is 3.10. The molecule has 0 spiro atoms. The van der Waals surface area contributed by atoms with E-state index in [-0.39, 0.29) is 0 Å². The number of allylic oxidation sites excluding steroid dienone is 5. The Labute approximate surface area is 113 Å². The molecule has 0 unspecified atom stereocenters. The second kappa shape index (κ2) is 6.00. The minimum atomic E-state index is 0.810. The van der Waals surface area contributed by atoms with Crippen molar-refractivity contribution in [3.05, 3.63) is 59.7 Å². The second-order valence-corrected chi connectivity index (χ2v) is 4.06. The molecule has 98 valence electrons. The summed E-state index contributed by atoms with van der Waals surface area (Å²) in [4.78, 5) is 8.51. The molecule has 0 radical (unpaired) electrons. The Morgan fingerprint density at radius 2 is 2.16 bits per heavy atom. The van der Waals surface area contributed by atoms with E-state index in [9.17, 15) is 0 Å². The lowest BCUT2D eigenvalue weighted by atomic mass is 10.0. The van der Waals surface area contributed by atoms with Gasteiger partial charge < -0.3 is 10.1 Å². The summed E-state index contributed by atoms with van der Waals surface area (Å²) >= 11 is 0. The molecule has 0 saturated carbocycles.